The van der Waals surface area contributed by atoms with Crippen LogP contribution in [0.1, 0.15) is 25.3 Å². The van der Waals surface area contributed by atoms with Crippen LogP contribution in [0.4, 0.5) is 0 Å². The van der Waals surface area contributed by atoms with Crippen LogP contribution < -0.4 is 15.2 Å². The van der Waals surface area contributed by atoms with E-state index >= 15 is 0 Å². The van der Waals surface area contributed by atoms with Crippen molar-refractivity contribution in [1.82, 2.24) is 0 Å². The maximum atomic E-state index is 6.02. The van der Waals surface area contributed by atoms with Gasteiger partial charge in [0.2, 0.25) is 0 Å². The van der Waals surface area contributed by atoms with Crippen LogP contribution in [-0.4, -0.2) is 20.3 Å². The summed E-state index contributed by atoms with van der Waals surface area (Å²) in [5, 5.41) is 0. The second-order valence-corrected chi connectivity index (χ2v) is 3.93. The number of benzene rings is 1. The predicted octanol–water partition coefficient (Wildman–Crippen LogP) is 2.37. The standard InChI is InChI=1S/C13H21NO2/c1-4-5-11(14)8-10-6-7-12(15-2)9-13(10)16-3/h6-7,9,11H,4-5,8,14H2,1-3H3. The Labute approximate surface area is 97.6 Å². The molecule has 1 aromatic rings. The van der Waals surface area contributed by atoms with Gasteiger partial charge >= 0.3 is 0 Å². The molecular formula is C13H21NO2. The van der Waals surface area contributed by atoms with E-state index in [0.29, 0.717) is 0 Å². The highest BCUT2D eigenvalue weighted by atomic mass is 16.5. The number of hydrogen-bond acceptors (Lipinski definition) is 3. The molecule has 3 nitrogen and oxygen atoms in total. The van der Waals surface area contributed by atoms with Gasteiger partial charge in [-0.3, -0.25) is 0 Å². The van der Waals surface area contributed by atoms with Gasteiger partial charge in [0.25, 0.3) is 0 Å². The van der Waals surface area contributed by atoms with Crippen LogP contribution in [0, 0.1) is 0 Å². The van der Waals surface area contributed by atoms with Gasteiger partial charge in [0.1, 0.15) is 11.5 Å². The summed E-state index contributed by atoms with van der Waals surface area (Å²) in [7, 11) is 3.32. The number of ether oxygens (including phenoxy) is 2. The molecule has 0 heterocycles. The molecule has 3 heteroatoms. The molecule has 1 unspecified atom stereocenters. The summed E-state index contributed by atoms with van der Waals surface area (Å²) in [6, 6.07) is 6.06. The van der Waals surface area contributed by atoms with E-state index in [2.05, 4.69) is 6.92 Å². The zero-order valence-corrected chi connectivity index (χ0v) is 10.3. The van der Waals surface area contributed by atoms with Crippen LogP contribution in [0.15, 0.2) is 18.2 Å². The molecule has 0 aliphatic carbocycles. The highest BCUT2D eigenvalue weighted by Gasteiger charge is 2.09. The average Bonchev–Trinajstić information content (AvgIpc) is 2.30. The summed E-state index contributed by atoms with van der Waals surface area (Å²) >= 11 is 0. The second-order valence-electron chi connectivity index (χ2n) is 3.93. The van der Waals surface area contributed by atoms with Gasteiger partial charge in [-0.05, 0) is 24.5 Å². The van der Waals surface area contributed by atoms with Gasteiger partial charge in [0, 0.05) is 12.1 Å². The molecule has 0 radical (unpaired) electrons. The highest BCUT2D eigenvalue weighted by Crippen LogP contribution is 2.25. The lowest BCUT2D eigenvalue weighted by Crippen LogP contribution is -2.22. The van der Waals surface area contributed by atoms with Gasteiger partial charge in [0.05, 0.1) is 14.2 Å². The number of nitrogens with two attached hydrogens (primary N) is 1. The predicted molar refractivity (Wildman–Crippen MR) is 66.1 cm³/mol. The Morgan fingerprint density at radius 1 is 1.25 bits per heavy atom. The molecule has 0 aliphatic heterocycles. The van der Waals surface area contributed by atoms with Gasteiger partial charge in [-0.1, -0.05) is 19.4 Å². The summed E-state index contributed by atoms with van der Waals surface area (Å²) in [5.74, 6) is 1.66. The van der Waals surface area contributed by atoms with Crippen molar-refractivity contribution < 1.29 is 9.47 Å². The van der Waals surface area contributed by atoms with Crippen molar-refractivity contribution in [2.45, 2.75) is 32.2 Å². The first-order valence-corrected chi connectivity index (χ1v) is 5.67. The quantitative estimate of drug-likeness (QED) is 0.805. The molecule has 2 N–H and O–H groups in total. The minimum absolute atomic E-state index is 0.201. The number of hydrogen-bond donors (Lipinski definition) is 1. The first-order chi connectivity index (χ1) is 7.71. The molecular weight excluding hydrogens is 202 g/mol. The molecule has 0 fully saturated rings. The zero-order chi connectivity index (χ0) is 12.0. The fourth-order valence-corrected chi connectivity index (χ4v) is 1.78. The van der Waals surface area contributed by atoms with Crippen LogP contribution in [0.5, 0.6) is 11.5 Å². The van der Waals surface area contributed by atoms with E-state index in [0.717, 1.165) is 36.3 Å². The third kappa shape index (κ3) is 3.42. The normalized spacial score (nSPS) is 12.2. The molecule has 90 valence electrons. The molecule has 0 spiro atoms. The van der Waals surface area contributed by atoms with E-state index in [1.165, 1.54) is 0 Å². The van der Waals surface area contributed by atoms with E-state index in [4.69, 9.17) is 15.2 Å². The van der Waals surface area contributed by atoms with E-state index in [1.807, 2.05) is 18.2 Å². The van der Waals surface area contributed by atoms with Gasteiger partial charge in [-0.2, -0.15) is 0 Å². The molecule has 0 aliphatic rings. The van der Waals surface area contributed by atoms with Crippen molar-refractivity contribution in [2.75, 3.05) is 14.2 Å². The van der Waals surface area contributed by atoms with E-state index in [9.17, 15) is 0 Å². The summed E-state index contributed by atoms with van der Waals surface area (Å²) in [4.78, 5) is 0. The van der Waals surface area contributed by atoms with Crippen molar-refractivity contribution in [3.8, 4) is 11.5 Å². The number of rotatable bonds is 6. The van der Waals surface area contributed by atoms with Crippen molar-refractivity contribution in [2.24, 2.45) is 5.73 Å². The first kappa shape index (κ1) is 12.8. The van der Waals surface area contributed by atoms with Crippen molar-refractivity contribution >= 4 is 0 Å². The van der Waals surface area contributed by atoms with Crippen LogP contribution >= 0.6 is 0 Å². The molecule has 0 saturated heterocycles. The maximum absolute atomic E-state index is 6.02. The summed E-state index contributed by atoms with van der Waals surface area (Å²) in [6.45, 7) is 2.14. The topological polar surface area (TPSA) is 44.5 Å². The fraction of sp³-hybridized carbons (Fsp3) is 0.538. The average molecular weight is 223 g/mol. The Morgan fingerprint density at radius 2 is 2.00 bits per heavy atom. The zero-order valence-electron chi connectivity index (χ0n) is 10.3. The van der Waals surface area contributed by atoms with Gasteiger partial charge < -0.3 is 15.2 Å². The van der Waals surface area contributed by atoms with E-state index < -0.39 is 0 Å². The van der Waals surface area contributed by atoms with Crippen LogP contribution in [0.25, 0.3) is 0 Å². The third-order valence-corrected chi connectivity index (χ3v) is 2.64. The molecule has 0 saturated carbocycles. The molecule has 0 amide bonds. The minimum atomic E-state index is 0.201. The fourth-order valence-electron chi connectivity index (χ4n) is 1.78. The largest absolute Gasteiger partial charge is 0.497 e. The molecule has 1 atom stereocenters. The van der Waals surface area contributed by atoms with Crippen molar-refractivity contribution in [3.05, 3.63) is 23.8 Å². The second kappa shape index (κ2) is 6.38. The lowest BCUT2D eigenvalue weighted by atomic mass is 10.0. The monoisotopic (exact) mass is 223 g/mol. The van der Waals surface area contributed by atoms with Crippen molar-refractivity contribution in [1.29, 1.82) is 0 Å². The third-order valence-electron chi connectivity index (χ3n) is 2.64. The Balaban J connectivity index is 2.78. The first-order valence-electron chi connectivity index (χ1n) is 5.67. The lowest BCUT2D eigenvalue weighted by molar-refractivity contribution is 0.389. The molecule has 1 aromatic carbocycles. The van der Waals surface area contributed by atoms with Gasteiger partial charge in [0.15, 0.2) is 0 Å². The van der Waals surface area contributed by atoms with Crippen LogP contribution in [0.2, 0.25) is 0 Å². The van der Waals surface area contributed by atoms with E-state index in [-0.39, 0.29) is 6.04 Å². The summed E-state index contributed by atoms with van der Waals surface area (Å²) in [6.07, 6.45) is 3.00. The Kier molecular flexibility index (Phi) is 5.12. The minimum Gasteiger partial charge on any atom is -0.497 e. The SMILES string of the molecule is CCCC(N)Cc1ccc(OC)cc1OC. The summed E-state index contributed by atoms with van der Waals surface area (Å²) < 4.78 is 10.5. The Hall–Kier alpha value is -1.22. The Morgan fingerprint density at radius 3 is 2.56 bits per heavy atom. The molecule has 0 bridgehead atoms. The van der Waals surface area contributed by atoms with Crippen LogP contribution in [0.3, 0.4) is 0 Å². The number of methoxy groups -OCH3 is 2. The Bertz CT molecular complexity index is 326. The smallest absolute Gasteiger partial charge is 0.125 e. The maximum Gasteiger partial charge on any atom is 0.125 e. The van der Waals surface area contributed by atoms with Crippen LogP contribution in [-0.2, 0) is 6.42 Å². The molecule has 1 rings (SSSR count). The van der Waals surface area contributed by atoms with Gasteiger partial charge in [-0.25, -0.2) is 0 Å². The molecule has 16 heavy (non-hydrogen) atoms. The molecule has 0 aromatic heterocycles. The van der Waals surface area contributed by atoms with Crippen molar-refractivity contribution in [3.63, 3.8) is 0 Å². The lowest BCUT2D eigenvalue weighted by Gasteiger charge is -2.14. The van der Waals surface area contributed by atoms with E-state index in [1.54, 1.807) is 14.2 Å². The highest BCUT2D eigenvalue weighted by molar-refractivity contribution is 5.41. The van der Waals surface area contributed by atoms with Gasteiger partial charge in [-0.15, -0.1) is 0 Å². The summed E-state index contributed by atoms with van der Waals surface area (Å²) in [5.41, 5.74) is 7.17.